The quantitative estimate of drug-likeness (QED) is 0.815. The Bertz CT molecular complexity index is 514. The predicted molar refractivity (Wildman–Crippen MR) is 73.1 cm³/mol. The zero-order chi connectivity index (χ0) is 14.0. The fraction of sp³-hybridized carbons (Fsp3) is 0.643. The van der Waals surface area contributed by atoms with Crippen LogP contribution >= 0.6 is 0 Å². The van der Waals surface area contributed by atoms with Gasteiger partial charge in [-0.2, -0.15) is 5.10 Å². The van der Waals surface area contributed by atoms with E-state index in [9.17, 15) is 9.59 Å². The Hall–Kier alpha value is -1.65. The van der Waals surface area contributed by atoms with Gasteiger partial charge in [0.1, 0.15) is 5.69 Å². The summed E-state index contributed by atoms with van der Waals surface area (Å²) >= 11 is 0. The van der Waals surface area contributed by atoms with Crippen LogP contribution in [0.4, 0.5) is 0 Å². The van der Waals surface area contributed by atoms with E-state index in [0.717, 1.165) is 19.3 Å². The molecule has 1 aliphatic heterocycles. The summed E-state index contributed by atoms with van der Waals surface area (Å²) in [5, 5.41) is 4.15. The van der Waals surface area contributed by atoms with E-state index in [0.29, 0.717) is 12.2 Å². The van der Waals surface area contributed by atoms with Crippen LogP contribution < -0.4 is 5.56 Å². The molecule has 0 unspecified atom stereocenters. The number of rotatable bonds is 2. The zero-order valence-electron chi connectivity index (χ0n) is 11.8. The minimum Gasteiger partial charge on any atom is -0.332 e. The lowest BCUT2D eigenvalue weighted by Crippen LogP contribution is -2.48. The highest BCUT2D eigenvalue weighted by atomic mass is 16.2. The number of carbonyl (C=O) groups is 1. The Kier molecular flexibility index (Phi) is 4.02. The van der Waals surface area contributed by atoms with E-state index >= 15 is 0 Å². The summed E-state index contributed by atoms with van der Waals surface area (Å²) in [6.07, 6.45) is 3.22. The van der Waals surface area contributed by atoms with E-state index in [1.165, 1.54) is 16.8 Å². The molecule has 1 fully saturated rings. The molecule has 1 aliphatic rings. The SMILES string of the molecule is CCn1nc(C(=O)N2[C@H](C)CCC[C@@H]2C)ccc1=O. The third-order valence-electron chi connectivity index (χ3n) is 3.81. The van der Waals surface area contributed by atoms with Crippen molar-refractivity contribution in [1.82, 2.24) is 14.7 Å². The molecule has 1 aromatic rings. The summed E-state index contributed by atoms with van der Waals surface area (Å²) in [5.41, 5.74) is 0.195. The number of aromatic nitrogens is 2. The third-order valence-corrected chi connectivity index (χ3v) is 3.81. The van der Waals surface area contributed by atoms with Crippen molar-refractivity contribution in [2.45, 2.75) is 58.7 Å². The molecule has 1 saturated heterocycles. The molecule has 19 heavy (non-hydrogen) atoms. The minimum absolute atomic E-state index is 0.0677. The fourth-order valence-electron chi connectivity index (χ4n) is 2.74. The average Bonchev–Trinajstić information content (AvgIpc) is 2.39. The topological polar surface area (TPSA) is 55.2 Å². The second-order valence-corrected chi connectivity index (χ2v) is 5.21. The van der Waals surface area contributed by atoms with Gasteiger partial charge in [0.25, 0.3) is 11.5 Å². The molecule has 2 rings (SSSR count). The summed E-state index contributed by atoms with van der Waals surface area (Å²) in [6.45, 7) is 6.46. The maximum absolute atomic E-state index is 12.5. The van der Waals surface area contributed by atoms with Crippen LogP contribution in [-0.2, 0) is 6.54 Å². The number of likely N-dealkylation sites (tertiary alicyclic amines) is 1. The van der Waals surface area contributed by atoms with Gasteiger partial charge < -0.3 is 4.90 Å². The van der Waals surface area contributed by atoms with Crippen molar-refractivity contribution in [3.05, 3.63) is 28.2 Å². The number of carbonyl (C=O) groups excluding carboxylic acids is 1. The first kappa shape index (κ1) is 13.8. The number of amides is 1. The molecule has 2 heterocycles. The molecule has 0 radical (unpaired) electrons. The summed E-state index contributed by atoms with van der Waals surface area (Å²) in [5.74, 6) is -0.0677. The van der Waals surface area contributed by atoms with Crippen LogP contribution in [0.25, 0.3) is 0 Å². The molecule has 0 N–H and O–H groups in total. The highest BCUT2D eigenvalue weighted by molar-refractivity contribution is 5.92. The predicted octanol–water partition coefficient (Wildman–Crippen LogP) is 1.67. The maximum atomic E-state index is 12.5. The van der Waals surface area contributed by atoms with E-state index in [1.54, 1.807) is 0 Å². The summed E-state index contributed by atoms with van der Waals surface area (Å²) in [6, 6.07) is 3.42. The number of nitrogens with zero attached hydrogens (tertiary/aromatic N) is 3. The van der Waals surface area contributed by atoms with Gasteiger partial charge in [-0.05, 0) is 46.1 Å². The molecule has 0 saturated carbocycles. The van der Waals surface area contributed by atoms with Gasteiger partial charge in [0.2, 0.25) is 0 Å². The Morgan fingerprint density at radius 2 is 1.95 bits per heavy atom. The molecule has 1 amide bonds. The van der Waals surface area contributed by atoms with Gasteiger partial charge in [0, 0.05) is 24.7 Å². The van der Waals surface area contributed by atoms with Crippen molar-refractivity contribution in [1.29, 1.82) is 0 Å². The fourth-order valence-corrected chi connectivity index (χ4v) is 2.74. The molecule has 104 valence electrons. The number of hydrogen-bond acceptors (Lipinski definition) is 3. The van der Waals surface area contributed by atoms with E-state index < -0.39 is 0 Å². The monoisotopic (exact) mass is 263 g/mol. The Labute approximate surface area is 113 Å². The number of hydrogen-bond donors (Lipinski definition) is 0. The lowest BCUT2D eigenvalue weighted by molar-refractivity contribution is 0.0502. The second-order valence-electron chi connectivity index (χ2n) is 5.21. The van der Waals surface area contributed by atoms with Crippen LogP contribution in [0.2, 0.25) is 0 Å². The number of piperidine rings is 1. The van der Waals surface area contributed by atoms with Crippen molar-refractivity contribution in [3.63, 3.8) is 0 Å². The summed E-state index contributed by atoms with van der Waals surface area (Å²) in [7, 11) is 0. The lowest BCUT2D eigenvalue weighted by atomic mass is 9.97. The van der Waals surface area contributed by atoms with Crippen LogP contribution in [0, 0.1) is 0 Å². The Balaban J connectivity index is 2.30. The van der Waals surface area contributed by atoms with Crippen molar-refractivity contribution >= 4 is 5.91 Å². The van der Waals surface area contributed by atoms with Crippen LogP contribution in [0.5, 0.6) is 0 Å². The van der Waals surface area contributed by atoms with Crippen molar-refractivity contribution < 1.29 is 4.79 Å². The smallest absolute Gasteiger partial charge is 0.274 e. The number of aryl methyl sites for hydroxylation is 1. The normalized spacial score (nSPS) is 23.4. The molecular weight excluding hydrogens is 242 g/mol. The summed E-state index contributed by atoms with van der Waals surface area (Å²) in [4.78, 5) is 26.0. The van der Waals surface area contributed by atoms with Gasteiger partial charge in [-0.25, -0.2) is 4.68 Å². The van der Waals surface area contributed by atoms with E-state index in [2.05, 4.69) is 18.9 Å². The summed E-state index contributed by atoms with van der Waals surface area (Å²) < 4.78 is 1.33. The maximum Gasteiger partial charge on any atom is 0.274 e. The first-order valence-electron chi connectivity index (χ1n) is 6.95. The molecule has 0 aliphatic carbocycles. The Morgan fingerprint density at radius 1 is 1.32 bits per heavy atom. The minimum atomic E-state index is -0.168. The van der Waals surface area contributed by atoms with Gasteiger partial charge >= 0.3 is 0 Å². The third kappa shape index (κ3) is 2.69. The van der Waals surface area contributed by atoms with Gasteiger partial charge in [0.05, 0.1) is 0 Å². The first-order chi connectivity index (χ1) is 9.04. The molecule has 0 spiro atoms. The second kappa shape index (κ2) is 5.55. The Morgan fingerprint density at radius 3 is 2.53 bits per heavy atom. The van der Waals surface area contributed by atoms with Crippen molar-refractivity contribution in [2.24, 2.45) is 0 Å². The van der Waals surface area contributed by atoms with Crippen LogP contribution in [0.3, 0.4) is 0 Å². The van der Waals surface area contributed by atoms with Gasteiger partial charge in [0.15, 0.2) is 0 Å². The van der Waals surface area contributed by atoms with Crippen molar-refractivity contribution in [2.75, 3.05) is 0 Å². The van der Waals surface area contributed by atoms with E-state index in [4.69, 9.17) is 0 Å². The lowest BCUT2D eigenvalue weighted by Gasteiger charge is -2.38. The largest absolute Gasteiger partial charge is 0.332 e. The molecule has 0 bridgehead atoms. The molecular formula is C14H21N3O2. The first-order valence-corrected chi connectivity index (χ1v) is 6.95. The highest BCUT2D eigenvalue weighted by Gasteiger charge is 2.30. The molecule has 5 nitrogen and oxygen atoms in total. The van der Waals surface area contributed by atoms with Gasteiger partial charge in [-0.15, -0.1) is 0 Å². The van der Waals surface area contributed by atoms with Crippen LogP contribution in [0.15, 0.2) is 16.9 Å². The highest BCUT2D eigenvalue weighted by Crippen LogP contribution is 2.23. The van der Waals surface area contributed by atoms with E-state index in [-0.39, 0.29) is 23.6 Å². The molecule has 1 aromatic heterocycles. The average molecular weight is 263 g/mol. The standard InChI is InChI=1S/C14H21N3O2/c1-4-16-13(18)9-8-12(15-16)14(19)17-10(2)6-5-7-11(17)3/h8-11H,4-7H2,1-3H3/t10-,11+. The van der Waals surface area contributed by atoms with Gasteiger partial charge in [-0.1, -0.05) is 0 Å². The zero-order valence-corrected chi connectivity index (χ0v) is 11.8. The van der Waals surface area contributed by atoms with Crippen LogP contribution in [-0.4, -0.2) is 32.7 Å². The van der Waals surface area contributed by atoms with Crippen LogP contribution in [0.1, 0.15) is 50.5 Å². The molecule has 2 atom stereocenters. The van der Waals surface area contributed by atoms with Gasteiger partial charge in [-0.3, -0.25) is 9.59 Å². The molecule has 0 aromatic carbocycles. The van der Waals surface area contributed by atoms with Crippen molar-refractivity contribution in [3.8, 4) is 0 Å². The van der Waals surface area contributed by atoms with E-state index in [1.807, 2.05) is 11.8 Å². The molecule has 5 heteroatoms.